The molecule has 4 heteroatoms. The lowest BCUT2D eigenvalue weighted by atomic mass is 9.76. The summed E-state index contributed by atoms with van der Waals surface area (Å²) >= 11 is 0. The van der Waals surface area contributed by atoms with Crippen molar-refractivity contribution in [1.29, 1.82) is 0 Å². The molecule has 1 atom stereocenters. The average molecular weight is 515 g/mol. The molecule has 0 radical (unpaired) electrons. The summed E-state index contributed by atoms with van der Waals surface area (Å²) in [6.07, 6.45) is 1.40. The monoisotopic (exact) mass is 514 g/mol. The van der Waals surface area contributed by atoms with Crippen molar-refractivity contribution in [2.75, 3.05) is 11.9 Å². The Kier molecular flexibility index (Phi) is 7.39. The summed E-state index contributed by atoms with van der Waals surface area (Å²) in [5, 5.41) is 13.9. The lowest BCUT2D eigenvalue weighted by Crippen LogP contribution is -2.55. The lowest BCUT2D eigenvalue weighted by Gasteiger charge is -2.40. The van der Waals surface area contributed by atoms with E-state index in [1.807, 2.05) is 73.8 Å². The van der Waals surface area contributed by atoms with E-state index in [9.17, 15) is 9.90 Å². The molecule has 4 aromatic carbocycles. The molecule has 196 valence electrons. The highest BCUT2D eigenvalue weighted by Crippen LogP contribution is 2.38. The molecule has 1 aliphatic rings. The molecule has 2 N–H and O–H groups in total. The molecule has 39 heavy (non-hydrogen) atoms. The van der Waals surface area contributed by atoms with Gasteiger partial charge < -0.3 is 10.0 Å². The Hall–Kier alpha value is -4.17. The molecule has 0 bridgehead atoms. The van der Waals surface area contributed by atoms with E-state index in [-0.39, 0.29) is 5.91 Å². The Morgan fingerprint density at radius 2 is 1.33 bits per heavy atom. The normalized spacial score (nSPS) is 15.6. The zero-order valence-electron chi connectivity index (χ0n) is 22.7. The first-order valence-corrected chi connectivity index (χ1v) is 13.4. The Morgan fingerprint density at radius 1 is 0.821 bits per heavy atom. The summed E-state index contributed by atoms with van der Waals surface area (Å²) in [4.78, 5) is 15.8. The summed E-state index contributed by atoms with van der Waals surface area (Å²) in [6.45, 7) is 3.32. The number of carbonyl (C=O) groups is 1. The smallest absolute Gasteiger partial charge is 0.243 e. The number of nitrogens with one attached hydrogen (secondary N) is 1. The molecule has 0 spiro atoms. The third-order valence-corrected chi connectivity index (χ3v) is 7.30. The van der Waals surface area contributed by atoms with Gasteiger partial charge in [-0.25, -0.2) is 0 Å². The van der Waals surface area contributed by atoms with Crippen LogP contribution in [0.25, 0.3) is 0 Å². The van der Waals surface area contributed by atoms with E-state index >= 15 is 0 Å². The molecule has 5 rings (SSSR count). The summed E-state index contributed by atoms with van der Waals surface area (Å²) in [6, 6.07) is 36.6. The minimum atomic E-state index is -1.08. The van der Waals surface area contributed by atoms with Crippen molar-refractivity contribution in [3.63, 3.8) is 0 Å². The number of aliphatic hydroxyl groups is 1. The number of nitrogens with zero attached hydrogens (tertiary/aromatic N) is 1. The summed E-state index contributed by atoms with van der Waals surface area (Å²) in [7, 11) is 1.84. The van der Waals surface area contributed by atoms with Crippen molar-refractivity contribution in [2.24, 2.45) is 0 Å². The second-order valence-corrected chi connectivity index (χ2v) is 10.6. The SMILES string of the molecule is CN1C(=O)[C@@H](NC(c2ccccc2)(c2ccccc2)c2ccccc2)CCc2ccc(C#CC(C)(C)O)cc21. The van der Waals surface area contributed by atoms with Gasteiger partial charge in [0.2, 0.25) is 5.91 Å². The number of benzene rings is 4. The minimum Gasteiger partial charge on any atom is -0.378 e. The zero-order valence-corrected chi connectivity index (χ0v) is 22.7. The van der Waals surface area contributed by atoms with Gasteiger partial charge in [-0.1, -0.05) is 109 Å². The lowest BCUT2D eigenvalue weighted by molar-refractivity contribution is -0.120. The van der Waals surface area contributed by atoms with Crippen LogP contribution in [0, 0.1) is 11.8 Å². The Balaban J connectivity index is 1.58. The van der Waals surface area contributed by atoms with Crippen LogP contribution in [0.2, 0.25) is 0 Å². The number of rotatable bonds is 5. The number of anilines is 1. The molecule has 1 amide bonds. The van der Waals surface area contributed by atoms with Gasteiger partial charge in [0, 0.05) is 18.3 Å². The maximum absolute atomic E-state index is 14.1. The topological polar surface area (TPSA) is 52.6 Å². The minimum absolute atomic E-state index is 0.00788. The van der Waals surface area contributed by atoms with Gasteiger partial charge in [-0.3, -0.25) is 10.1 Å². The van der Waals surface area contributed by atoms with E-state index in [0.29, 0.717) is 6.42 Å². The Labute approximate surface area is 231 Å². The average Bonchev–Trinajstić information content (AvgIpc) is 3.07. The molecule has 1 heterocycles. The van der Waals surface area contributed by atoms with Crippen molar-refractivity contribution in [3.05, 3.63) is 137 Å². The van der Waals surface area contributed by atoms with Crippen molar-refractivity contribution in [1.82, 2.24) is 5.32 Å². The van der Waals surface area contributed by atoms with Gasteiger partial charge in [-0.2, -0.15) is 0 Å². The third-order valence-electron chi connectivity index (χ3n) is 7.30. The van der Waals surface area contributed by atoms with Gasteiger partial charge in [0.05, 0.1) is 11.6 Å². The van der Waals surface area contributed by atoms with Crippen LogP contribution in [-0.2, 0) is 16.8 Å². The first-order chi connectivity index (χ1) is 18.8. The second-order valence-electron chi connectivity index (χ2n) is 10.6. The van der Waals surface area contributed by atoms with Crippen LogP contribution in [0.1, 0.15) is 48.1 Å². The maximum Gasteiger partial charge on any atom is 0.243 e. The molecule has 0 aromatic heterocycles. The van der Waals surface area contributed by atoms with E-state index in [2.05, 4.69) is 59.6 Å². The summed E-state index contributed by atoms with van der Waals surface area (Å²) in [5.74, 6) is 5.93. The molecule has 0 unspecified atom stereocenters. The van der Waals surface area contributed by atoms with Crippen LogP contribution in [0.4, 0.5) is 5.69 Å². The predicted molar refractivity (Wildman–Crippen MR) is 157 cm³/mol. The van der Waals surface area contributed by atoms with Crippen molar-refractivity contribution >= 4 is 11.6 Å². The number of hydrogen-bond donors (Lipinski definition) is 2. The maximum atomic E-state index is 14.1. The van der Waals surface area contributed by atoms with Crippen molar-refractivity contribution < 1.29 is 9.90 Å². The van der Waals surface area contributed by atoms with E-state index in [1.54, 1.807) is 18.7 Å². The number of likely N-dealkylation sites (N-methyl/N-ethyl adjacent to an activating group) is 1. The second kappa shape index (κ2) is 10.9. The molecule has 0 saturated carbocycles. The number of aryl methyl sites for hydroxylation is 1. The number of amides is 1. The van der Waals surface area contributed by atoms with Gasteiger partial charge >= 0.3 is 0 Å². The van der Waals surface area contributed by atoms with E-state index in [0.717, 1.165) is 39.9 Å². The molecule has 0 fully saturated rings. The number of carbonyl (C=O) groups excluding carboxylic acids is 1. The van der Waals surface area contributed by atoms with Crippen LogP contribution in [0.5, 0.6) is 0 Å². The highest BCUT2D eigenvalue weighted by molar-refractivity contribution is 5.98. The van der Waals surface area contributed by atoms with Gasteiger partial charge in [-0.05, 0) is 61.1 Å². The van der Waals surface area contributed by atoms with Crippen LogP contribution >= 0.6 is 0 Å². The Morgan fingerprint density at radius 3 is 1.82 bits per heavy atom. The van der Waals surface area contributed by atoms with Crippen molar-refractivity contribution in [3.8, 4) is 11.8 Å². The molecule has 0 saturated heterocycles. The number of fused-ring (bicyclic) bond motifs is 1. The van der Waals surface area contributed by atoms with Crippen LogP contribution in [-0.4, -0.2) is 29.7 Å². The molecule has 4 nitrogen and oxygen atoms in total. The fraction of sp³-hybridized carbons (Fsp3) is 0.229. The van der Waals surface area contributed by atoms with Gasteiger partial charge in [0.25, 0.3) is 0 Å². The largest absolute Gasteiger partial charge is 0.378 e. The third kappa shape index (κ3) is 5.52. The van der Waals surface area contributed by atoms with E-state index in [4.69, 9.17) is 0 Å². The fourth-order valence-electron chi connectivity index (χ4n) is 5.38. The zero-order chi connectivity index (χ0) is 27.5. The quantitative estimate of drug-likeness (QED) is 0.267. The van der Waals surface area contributed by atoms with Crippen LogP contribution in [0.15, 0.2) is 109 Å². The molecular formula is C35H34N2O2. The fourth-order valence-corrected chi connectivity index (χ4v) is 5.38. The van der Waals surface area contributed by atoms with Gasteiger partial charge in [-0.15, -0.1) is 0 Å². The van der Waals surface area contributed by atoms with Crippen LogP contribution < -0.4 is 10.2 Å². The molecule has 4 aromatic rings. The molecule has 1 aliphatic heterocycles. The van der Waals surface area contributed by atoms with Crippen LogP contribution in [0.3, 0.4) is 0 Å². The molecule has 0 aliphatic carbocycles. The van der Waals surface area contributed by atoms with Crippen molar-refractivity contribution in [2.45, 2.75) is 43.9 Å². The molecular weight excluding hydrogens is 480 g/mol. The van der Waals surface area contributed by atoms with Gasteiger partial charge in [0.15, 0.2) is 0 Å². The Bertz CT molecular complexity index is 1400. The first kappa shape index (κ1) is 26.4. The van der Waals surface area contributed by atoms with E-state index in [1.165, 1.54) is 0 Å². The van der Waals surface area contributed by atoms with Gasteiger partial charge in [0.1, 0.15) is 5.60 Å². The standard InChI is InChI=1S/C35H34N2O2/c1-34(2,39)24-23-26-19-20-27-21-22-31(33(38)37(3)32(27)25-26)36-35(28-13-7-4-8-14-28,29-15-9-5-10-16-29)30-17-11-6-12-18-30/h4-20,25,31,36,39H,21-22H2,1-3H3/t31-/m0/s1. The van der Waals surface area contributed by atoms with E-state index < -0.39 is 17.2 Å². The number of hydrogen-bond acceptors (Lipinski definition) is 3. The highest BCUT2D eigenvalue weighted by Gasteiger charge is 2.41. The first-order valence-electron chi connectivity index (χ1n) is 13.4. The highest BCUT2D eigenvalue weighted by atomic mass is 16.3. The summed E-state index contributed by atoms with van der Waals surface area (Å²) < 4.78 is 0. The predicted octanol–water partition coefficient (Wildman–Crippen LogP) is 5.67. The summed E-state index contributed by atoms with van der Waals surface area (Å²) in [5.41, 5.74) is 4.14.